The predicted octanol–water partition coefficient (Wildman–Crippen LogP) is 2.91. The quantitative estimate of drug-likeness (QED) is 0.801. The SMILES string of the molecule is CC(Nc1ccc(Cl)cc1)C(=O)NC(=O)NC1CCCC1. The van der Waals surface area contributed by atoms with Crippen molar-refractivity contribution in [2.75, 3.05) is 5.32 Å². The van der Waals surface area contributed by atoms with Gasteiger partial charge in [0.1, 0.15) is 6.04 Å². The molecule has 1 atom stereocenters. The van der Waals surface area contributed by atoms with Gasteiger partial charge in [-0.2, -0.15) is 0 Å². The Labute approximate surface area is 129 Å². The number of nitrogens with one attached hydrogen (secondary N) is 3. The highest BCUT2D eigenvalue weighted by Gasteiger charge is 2.20. The Hall–Kier alpha value is -1.75. The number of rotatable bonds is 4. The molecule has 3 N–H and O–H groups in total. The second-order valence-electron chi connectivity index (χ2n) is 5.32. The summed E-state index contributed by atoms with van der Waals surface area (Å²) in [5, 5.41) is 8.83. The summed E-state index contributed by atoms with van der Waals surface area (Å²) >= 11 is 5.80. The average Bonchev–Trinajstić information content (AvgIpc) is 2.94. The smallest absolute Gasteiger partial charge is 0.321 e. The lowest BCUT2D eigenvalue weighted by molar-refractivity contribution is -0.120. The van der Waals surface area contributed by atoms with E-state index in [0.29, 0.717) is 5.02 Å². The molecule has 0 aliphatic heterocycles. The van der Waals surface area contributed by atoms with Crippen LogP contribution in [0.25, 0.3) is 0 Å². The molecule has 1 aromatic rings. The third-order valence-corrected chi connectivity index (χ3v) is 3.80. The number of anilines is 1. The predicted molar refractivity (Wildman–Crippen MR) is 83.5 cm³/mol. The zero-order chi connectivity index (χ0) is 15.2. The molecule has 0 heterocycles. The third-order valence-electron chi connectivity index (χ3n) is 3.55. The molecule has 1 saturated carbocycles. The first-order valence-corrected chi connectivity index (χ1v) is 7.56. The summed E-state index contributed by atoms with van der Waals surface area (Å²) < 4.78 is 0. The lowest BCUT2D eigenvalue weighted by atomic mass is 10.2. The van der Waals surface area contributed by atoms with Crippen molar-refractivity contribution in [1.82, 2.24) is 10.6 Å². The van der Waals surface area contributed by atoms with Crippen LogP contribution in [0.3, 0.4) is 0 Å². The fraction of sp³-hybridized carbons (Fsp3) is 0.467. The van der Waals surface area contributed by atoms with Gasteiger partial charge in [-0.15, -0.1) is 0 Å². The van der Waals surface area contributed by atoms with Gasteiger partial charge >= 0.3 is 6.03 Å². The van der Waals surface area contributed by atoms with Crippen molar-refractivity contribution in [3.8, 4) is 0 Å². The van der Waals surface area contributed by atoms with E-state index in [1.54, 1.807) is 31.2 Å². The number of halogens is 1. The molecule has 1 fully saturated rings. The molecule has 1 aromatic carbocycles. The number of carbonyl (C=O) groups excluding carboxylic acids is 2. The Morgan fingerprint density at radius 1 is 1.19 bits per heavy atom. The van der Waals surface area contributed by atoms with E-state index in [1.165, 1.54) is 0 Å². The molecular formula is C15H20ClN3O2. The van der Waals surface area contributed by atoms with E-state index >= 15 is 0 Å². The highest BCUT2D eigenvalue weighted by atomic mass is 35.5. The lowest BCUT2D eigenvalue weighted by Gasteiger charge is -2.16. The monoisotopic (exact) mass is 309 g/mol. The summed E-state index contributed by atoms with van der Waals surface area (Å²) in [7, 11) is 0. The summed E-state index contributed by atoms with van der Waals surface area (Å²) in [6, 6.07) is 6.30. The molecule has 1 aliphatic rings. The molecule has 1 aliphatic carbocycles. The Bertz CT molecular complexity index is 498. The topological polar surface area (TPSA) is 70.2 Å². The van der Waals surface area contributed by atoms with Crippen LogP contribution in [0.2, 0.25) is 5.02 Å². The fourth-order valence-electron chi connectivity index (χ4n) is 2.37. The van der Waals surface area contributed by atoms with Crippen LogP contribution in [0.4, 0.5) is 10.5 Å². The zero-order valence-electron chi connectivity index (χ0n) is 12.0. The summed E-state index contributed by atoms with van der Waals surface area (Å²) in [6.45, 7) is 1.70. The first kappa shape index (κ1) is 15.6. The van der Waals surface area contributed by atoms with Gasteiger partial charge in [0.2, 0.25) is 5.91 Å². The lowest BCUT2D eigenvalue weighted by Crippen LogP contribution is -2.48. The Morgan fingerprint density at radius 2 is 1.81 bits per heavy atom. The summed E-state index contributed by atoms with van der Waals surface area (Å²) in [5.74, 6) is -0.361. The van der Waals surface area contributed by atoms with Crippen LogP contribution < -0.4 is 16.0 Å². The molecule has 0 aromatic heterocycles. The van der Waals surface area contributed by atoms with Crippen LogP contribution in [-0.2, 0) is 4.79 Å². The molecule has 6 heteroatoms. The van der Waals surface area contributed by atoms with Crippen LogP contribution >= 0.6 is 11.6 Å². The molecule has 3 amide bonds. The van der Waals surface area contributed by atoms with Crippen LogP contribution in [-0.4, -0.2) is 24.0 Å². The van der Waals surface area contributed by atoms with Gasteiger partial charge in [0.25, 0.3) is 0 Å². The van der Waals surface area contributed by atoms with Crippen molar-refractivity contribution in [3.63, 3.8) is 0 Å². The van der Waals surface area contributed by atoms with E-state index in [-0.39, 0.29) is 11.9 Å². The van der Waals surface area contributed by atoms with Crippen molar-refractivity contribution in [2.24, 2.45) is 0 Å². The van der Waals surface area contributed by atoms with Gasteiger partial charge in [0.05, 0.1) is 0 Å². The highest BCUT2D eigenvalue weighted by molar-refractivity contribution is 6.30. The second kappa shape index (κ2) is 7.31. The number of hydrogen-bond donors (Lipinski definition) is 3. The van der Waals surface area contributed by atoms with Crippen molar-refractivity contribution < 1.29 is 9.59 Å². The van der Waals surface area contributed by atoms with E-state index in [0.717, 1.165) is 31.4 Å². The van der Waals surface area contributed by atoms with Crippen molar-refractivity contribution in [2.45, 2.75) is 44.7 Å². The maximum Gasteiger partial charge on any atom is 0.321 e. The summed E-state index contributed by atoms with van der Waals surface area (Å²) in [5.41, 5.74) is 0.776. The summed E-state index contributed by atoms with van der Waals surface area (Å²) in [6.07, 6.45) is 4.24. The Balaban J connectivity index is 1.78. The molecule has 114 valence electrons. The standard InChI is InChI=1S/C15H20ClN3O2/c1-10(17-13-8-6-11(16)7-9-13)14(20)19-15(21)18-12-4-2-3-5-12/h6-10,12,17H,2-5H2,1H3,(H2,18,19,20,21). The van der Waals surface area contributed by atoms with Gasteiger partial charge in [-0.25, -0.2) is 4.79 Å². The summed E-state index contributed by atoms with van der Waals surface area (Å²) in [4.78, 5) is 23.7. The number of imide groups is 1. The van der Waals surface area contributed by atoms with Crippen molar-refractivity contribution in [1.29, 1.82) is 0 Å². The first-order chi connectivity index (χ1) is 10.0. The highest BCUT2D eigenvalue weighted by Crippen LogP contribution is 2.17. The zero-order valence-corrected chi connectivity index (χ0v) is 12.7. The number of urea groups is 1. The number of carbonyl (C=O) groups is 2. The van der Waals surface area contributed by atoms with E-state index in [1.807, 2.05) is 0 Å². The maximum atomic E-state index is 11.9. The van der Waals surface area contributed by atoms with Gasteiger partial charge in [0.15, 0.2) is 0 Å². The van der Waals surface area contributed by atoms with E-state index < -0.39 is 12.1 Å². The van der Waals surface area contributed by atoms with Crippen molar-refractivity contribution >= 4 is 29.2 Å². The van der Waals surface area contributed by atoms with Crippen LogP contribution in [0.5, 0.6) is 0 Å². The normalized spacial score (nSPS) is 16.3. The van der Waals surface area contributed by atoms with Crippen LogP contribution in [0.1, 0.15) is 32.6 Å². The Morgan fingerprint density at radius 3 is 2.43 bits per heavy atom. The van der Waals surface area contributed by atoms with Gasteiger partial charge in [0, 0.05) is 16.8 Å². The van der Waals surface area contributed by atoms with E-state index in [4.69, 9.17) is 11.6 Å². The van der Waals surface area contributed by atoms with Crippen molar-refractivity contribution in [3.05, 3.63) is 29.3 Å². The minimum atomic E-state index is -0.513. The molecular weight excluding hydrogens is 290 g/mol. The van der Waals surface area contributed by atoms with E-state index in [9.17, 15) is 9.59 Å². The molecule has 0 bridgehead atoms. The molecule has 5 nitrogen and oxygen atoms in total. The van der Waals surface area contributed by atoms with Gasteiger partial charge in [-0.3, -0.25) is 10.1 Å². The van der Waals surface area contributed by atoms with Crippen LogP contribution in [0.15, 0.2) is 24.3 Å². The number of amides is 3. The second-order valence-corrected chi connectivity index (χ2v) is 5.75. The minimum absolute atomic E-state index is 0.192. The van der Waals surface area contributed by atoms with Gasteiger partial charge in [-0.05, 0) is 44.0 Å². The first-order valence-electron chi connectivity index (χ1n) is 7.18. The van der Waals surface area contributed by atoms with E-state index in [2.05, 4.69) is 16.0 Å². The number of benzene rings is 1. The fourth-order valence-corrected chi connectivity index (χ4v) is 2.50. The molecule has 0 saturated heterocycles. The molecule has 0 radical (unpaired) electrons. The molecule has 1 unspecified atom stereocenters. The molecule has 0 spiro atoms. The van der Waals surface area contributed by atoms with Gasteiger partial charge < -0.3 is 10.6 Å². The Kier molecular flexibility index (Phi) is 5.44. The maximum absolute atomic E-state index is 11.9. The van der Waals surface area contributed by atoms with Crippen LogP contribution in [0, 0.1) is 0 Å². The number of hydrogen-bond acceptors (Lipinski definition) is 3. The molecule has 2 rings (SSSR count). The third kappa shape index (κ3) is 4.93. The minimum Gasteiger partial charge on any atom is -0.374 e. The van der Waals surface area contributed by atoms with Gasteiger partial charge in [-0.1, -0.05) is 24.4 Å². The molecule has 21 heavy (non-hydrogen) atoms. The average molecular weight is 310 g/mol. The largest absolute Gasteiger partial charge is 0.374 e.